The lowest BCUT2D eigenvalue weighted by Crippen LogP contribution is -2.34. The van der Waals surface area contributed by atoms with Crippen LogP contribution >= 0.6 is 23.2 Å². The number of aromatic amines is 1. The number of H-pyrrole nitrogens is 1. The van der Waals surface area contributed by atoms with Gasteiger partial charge in [0, 0.05) is 16.5 Å². The molecule has 182 valence electrons. The molecule has 0 spiro atoms. The third-order valence-corrected chi connectivity index (χ3v) is 5.72. The molecule has 1 fully saturated rings. The molecule has 4 rings (SSSR count). The number of hydrogen-bond acceptors (Lipinski definition) is 7. The highest BCUT2D eigenvalue weighted by atomic mass is 35.5. The fourth-order valence-corrected chi connectivity index (χ4v) is 3.69. The number of nitrogens with one attached hydrogen (secondary N) is 1. The van der Waals surface area contributed by atoms with Crippen LogP contribution in [0.3, 0.4) is 0 Å². The summed E-state index contributed by atoms with van der Waals surface area (Å²) in [5, 5.41) is 0.869. The molecular formula is C23H17Cl2FN2O7. The maximum absolute atomic E-state index is 13.8. The zero-order valence-electron chi connectivity index (χ0n) is 17.8. The van der Waals surface area contributed by atoms with Crippen LogP contribution in [0.25, 0.3) is 0 Å². The molecule has 3 atom stereocenters. The Morgan fingerprint density at radius 1 is 1.00 bits per heavy atom. The Morgan fingerprint density at radius 3 is 2.17 bits per heavy atom. The SMILES string of the molecule is O=C(OC[C@H]1OC(n2cc(F)c(=O)[nH]c2=O)C[C@H]1OC(=O)c1ccc(Cl)cc1)c1ccc(Cl)cc1. The van der Waals surface area contributed by atoms with Crippen LogP contribution in [0.5, 0.6) is 0 Å². The normalized spacial score (nSPS) is 19.3. The number of carbonyl (C=O) groups is 2. The molecule has 0 bridgehead atoms. The van der Waals surface area contributed by atoms with E-state index in [1.807, 2.05) is 4.98 Å². The Hall–Kier alpha value is -3.47. The highest BCUT2D eigenvalue weighted by molar-refractivity contribution is 6.31. The Kier molecular flexibility index (Phi) is 7.34. The van der Waals surface area contributed by atoms with Crippen molar-refractivity contribution in [2.24, 2.45) is 0 Å². The Morgan fingerprint density at radius 2 is 1.57 bits per heavy atom. The van der Waals surface area contributed by atoms with Crippen LogP contribution in [0.15, 0.2) is 64.3 Å². The molecule has 2 aromatic carbocycles. The molecule has 9 nitrogen and oxygen atoms in total. The van der Waals surface area contributed by atoms with Gasteiger partial charge in [0.2, 0.25) is 5.82 Å². The van der Waals surface area contributed by atoms with Crippen molar-refractivity contribution in [1.82, 2.24) is 9.55 Å². The Labute approximate surface area is 207 Å². The summed E-state index contributed by atoms with van der Waals surface area (Å²) in [6.07, 6.45) is -2.44. The molecule has 1 unspecified atom stereocenters. The van der Waals surface area contributed by atoms with Crippen molar-refractivity contribution in [1.29, 1.82) is 0 Å². The van der Waals surface area contributed by atoms with E-state index < -0.39 is 47.4 Å². The maximum atomic E-state index is 13.8. The molecule has 1 aliphatic rings. The molecule has 12 heteroatoms. The number of rotatable bonds is 6. The molecule has 2 heterocycles. The minimum absolute atomic E-state index is 0.0755. The molecule has 0 saturated carbocycles. The van der Waals surface area contributed by atoms with E-state index in [9.17, 15) is 23.6 Å². The number of nitrogens with zero attached hydrogens (tertiary/aromatic N) is 1. The minimum Gasteiger partial charge on any atom is -0.459 e. The summed E-state index contributed by atoms with van der Waals surface area (Å²) in [6, 6.07) is 12.0. The van der Waals surface area contributed by atoms with Gasteiger partial charge in [0.25, 0.3) is 5.56 Å². The first-order valence-electron chi connectivity index (χ1n) is 10.3. The summed E-state index contributed by atoms with van der Waals surface area (Å²) in [7, 11) is 0. The predicted molar refractivity (Wildman–Crippen MR) is 122 cm³/mol. The second-order valence-electron chi connectivity index (χ2n) is 7.56. The maximum Gasteiger partial charge on any atom is 0.338 e. The van der Waals surface area contributed by atoms with E-state index in [2.05, 4.69) is 0 Å². The van der Waals surface area contributed by atoms with Gasteiger partial charge in [0.1, 0.15) is 25.0 Å². The van der Waals surface area contributed by atoms with Gasteiger partial charge in [0.15, 0.2) is 0 Å². The number of ether oxygens (including phenoxy) is 3. The van der Waals surface area contributed by atoms with Crippen molar-refractivity contribution >= 4 is 35.1 Å². The summed E-state index contributed by atoms with van der Waals surface area (Å²) in [5.41, 5.74) is -1.65. The summed E-state index contributed by atoms with van der Waals surface area (Å²) in [4.78, 5) is 50.4. The van der Waals surface area contributed by atoms with E-state index in [1.54, 1.807) is 0 Å². The summed E-state index contributed by atoms with van der Waals surface area (Å²) >= 11 is 11.7. The summed E-state index contributed by atoms with van der Waals surface area (Å²) in [5.74, 6) is -2.57. The topological polar surface area (TPSA) is 117 Å². The van der Waals surface area contributed by atoms with E-state index in [0.717, 1.165) is 4.57 Å². The van der Waals surface area contributed by atoms with Crippen LogP contribution < -0.4 is 11.2 Å². The van der Waals surface area contributed by atoms with E-state index in [4.69, 9.17) is 37.4 Å². The van der Waals surface area contributed by atoms with Gasteiger partial charge in [-0.3, -0.25) is 14.3 Å². The number of benzene rings is 2. The number of hydrogen-bond donors (Lipinski definition) is 1. The molecule has 35 heavy (non-hydrogen) atoms. The van der Waals surface area contributed by atoms with Gasteiger partial charge in [-0.05, 0) is 48.5 Å². The lowest BCUT2D eigenvalue weighted by atomic mass is 10.1. The minimum atomic E-state index is -1.19. The van der Waals surface area contributed by atoms with Crippen LogP contribution in [0.4, 0.5) is 4.39 Å². The van der Waals surface area contributed by atoms with Gasteiger partial charge in [-0.25, -0.2) is 14.4 Å². The first-order chi connectivity index (χ1) is 16.7. The fraction of sp³-hybridized carbons (Fsp3) is 0.217. The van der Waals surface area contributed by atoms with Gasteiger partial charge in [0.05, 0.1) is 17.3 Å². The zero-order chi connectivity index (χ0) is 25.1. The first-order valence-corrected chi connectivity index (χ1v) is 11.0. The van der Waals surface area contributed by atoms with Crippen molar-refractivity contribution < 1.29 is 28.2 Å². The lowest BCUT2D eigenvalue weighted by Gasteiger charge is -2.19. The van der Waals surface area contributed by atoms with Crippen molar-refractivity contribution in [3.63, 3.8) is 0 Å². The van der Waals surface area contributed by atoms with Crippen molar-refractivity contribution in [3.05, 3.63) is 103 Å². The Balaban J connectivity index is 1.53. The van der Waals surface area contributed by atoms with Gasteiger partial charge in [-0.2, -0.15) is 4.39 Å². The van der Waals surface area contributed by atoms with Crippen LogP contribution in [0.2, 0.25) is 10.0 Å². The van der Waals surface area contributed by atoms with Crippen LogP contribution in [-0.4, -0.2) is 40.3 Å². The van der Waals surface area contributed by atoms with E-state index in [1.165, 1.54) is 48.5 Å². The number of halogens is 3. The van der Waals surface area contributed by atoms with Gasteiger partial charge in [-0.1, -0.05) is 23.2 Å². The van der Waals surface area contributed by atoms with Gasteiger partial charge in [-0.15, -0.1) is 0 Å². The summed E-state index contributed by atoms with van der Waals surface area (Å²) < 4.78 is 31.3. The zero-order valence-corrected chi connectivity index (χ0v) is 19.3. The van der Waals surface area contributed by atoms with Crippen LogP contribution in [0, 0.1) is 5.82 Å². The largest absolute Gasteiger partial charge is 0.459 e. The van der Waals surface area contributed by atoms with Crippen molar-refractivity contribution in [2.75, 3.05) is 6.61 Å². The van der Waals surface area contributed by atoms with Crippen LogP contribution in [0.1, 0.15) is 33.4 Å². The molecule has 0 amide bonds. The molecule has 0 radical (unpaired) electrons. The molecule has 1 aromatic heterocycles. The molecule has 3 aromatic rings. The highest BCUT2D eigenvalue weighted by Crippen LogP contribution is 2.31. The molecule has 0 aliphatic carbocycles. The smallest absolute Gasteiger partial charge is 0.338 e. The molecule has 1 aliphatic heterocycles. The summed E-state index contributed by atoms with van der Waals surface area (Å²) in [6.45, 7) is -0.336. The third kappa shape index (κ3) is 5.79. The van der Waals surface area contributed by atoms with Gasteiger partial charge < -0.3 is 14.2 Å². The lowest BCUT2D eigenvalue weighted by molar-refractivity contribution is -0.0584. The van der Waals surface area contributed by atoms with E-state index >= 15 is 0 Å². The molecule has 1 N–H and O–H groups in total. The van der Waals surface area contributed by atoms with E-state index in [0.29, 0.717) is 16.2 Å². The molecular weight excluding hydrogens is 506 g/mol. The average molecular weight is 523 g/mol. The predicted octanol–water partition coefficient (Wildman–Crippen LogP) is 3.35. The molecule has 1 saturated heterocycles. The average Bonchev–Trinajstić information content (AvgIpc) is 3.22. The number of aromatic nitrogens is 2. The van der Waals surface area contributed by atoms with Crippen molar-refractivity contribution in [3.8, 4) is 0 Å². The number of esters is 2. The van der Waals surface area contributed by atoms with Crippen LogP contribution in [-0.2, 0) is 14.2 Å². The second kappa shape index (κ2) is 10.4. The second-order valence-corrected chi connectivity index (χ2v) is 8.44. The first kappa shape index (κ1) is 24.6. The quantitative estimate of drug-likeness (QED) is 0.493. The van der Waals surface area contributed by atoms with Crippen molar-refractivity contribution in [2.45, 2.75) is 24.9 Å². The fourth-order valence-electron chi connectivity index (χ4n) is 3.44. The van der Waals surface area contributed by atoms with Gasteiger partial charge >= 0.3 is 17.6 Å². The Bertz CT molecular complexity index is 1360. The third-order valence-electron chi connectivity index (χ3n) is 5.21. The highest BCUT2D eigenvalue weighted by Gasteiger charge is 2.40. The van der Waals surface area contributed by atoms with E-state index in [-0.39, 0.29) is 24.2 Å². The standard InChI is InChI=1S/C23H17Cl2FN2O7/c24-14-5-1-12(2-6-14)21(30)33-11-18-17(35-22(31)13-3-7-15(25)8-4-13)9-19(34-18)28-10-16(26)20(29)27-23(28)32/h1-8,10,17-19H,9,11H2,(H,27,29,32)/t17-,18-,19?/m1/s1. The number of carbonyl (C=O) groups excluding carboxylic acids is 2. The monoisotopic (exact) mass is 522 g/mol.